The van der Waals surface area contributed by atoms with Gasteiger partial charge in [0, 0.05) is 16.9 Å². The van der Waals surface area contributed by atoms with Gasteiger partial charge in [0.15, 0.2) is 0 Å². The number of aromatic nitrogens is 2. The van der Waals surface area contributed by atoms with E-state index in [0.29, 0.717) is 5.69 Å². The average Bonchev–Trinajstić information content (AvgIpc) is 2.62. The second-order valence-corrected chi connectivity index (χ2v) is 3.51. The van der Waals surface area contributed by atoms with Crippen LogP contribution in [0.1, 0.15) is 0 Å². The van der Waals surface area contributed by atoms with Crippen LogP contribution in [0.25, 0.3) is 5.82 Å². The van der Waals surface area contributed by atoms with Crippen LogP contribution in [0.4, 0.5) is 5.69 Å². The molecule has 13 heavy (non-hydrogen) atoms. The summed E-state index contributed by atoms with van der Waals surface area (Å²) in [4.78, 5) is 4.19. The van der Waals surface area contributed by atoms with Crippen molar-refractivity contribution in [3.63, 3.8) is 0 Å². The summed E-state index contributed by atoms with van der Waals surface area (Å²) in [5, 5.41) is 0. The zero-order chi connectivity index (χ0) is 9.26. The Morgan fingerprint density at radius 2 is 2.00 bits per heavy atom. The third-order valence-electron chi connectivity index (χ3n) is 1.74. The van der Waals surface area contributed by atoms with Gasteiger partial charge in [-0.3, -0.25) is 0 Å². The van der Waals surface area contributed by atoms with Crippen molar-refractivity contribution < 1.29 is 0 Å². The van der Waals surface area contributed by atoms with Crippen LogP contribution in [-0.2, 0) is 0 Å². The van der Waals surface area contributed by atoms with Crippen molar-refractivity contribution in [3.05, 3.63) is 41.3 Å². The largest absolute Gasteiger partial charge is 0.397 e. The molecular weight excluding hydrogens is 230 g/mol. The Morgan fingerprint density at radius 1 is 1.31 bits per heavy atom. The van der Waals surface area contributed by atoms with Crippen LogP contribution in [0.15, 0.2) is 41.3 Å². The van der Waals surface area contributed by atoms with Crippen LogP contribution in [0, 0.1) is 0 Å². The third-order valence-corrected chi connectivity index (χ3v) is 2.42. The van der Waals surface area contributed by atoms with E-state index in [1.165, 1.54) is 0 Å². The minimum atomic E-state index is 0.649. The molecule has 2 N–H and O–H groups in total. The van der Waals surface area contributed by atoms with Gasteiger partial charge in [-0.25, -0.2) is 4.98 Å². The fourth-order valence-electron chi connectivity index (χ4n) is 1.06. The zero-order valence-corrected chi connectivity index (χ0v) is 8.40. The Bertz CT molecular complexity index is 409. The molecule has 0 aromatic carbocycles. The summed E-state index contributed by atoms with van der Waals surface area (Å²) >= 11 is 3.35. The molecule has 0 saturated heterocycles. The quantitative estimate of drug-likeness (QED) is 0.827. The number of hydrogen-bond acceptors (Lipinski definition) is 2. The molecule has 0 atom stereocenters. The van der Waals surface area contributed by atoms with E-state index >= 15 is 0 Å². The molecule has 0 fully saturated rings. The van der Waals surface area contributed by atoms with Gasteiger partial charge in [-0.05, 0) is 34.1 Å². The smallest absolute Gasteiger partial charge is 0.137 e. The van der Waals surface area contributed by atoms with Gasteiger partial charge < -0.3 is 10.3 Å². The van der Waals surface area contributed by atoms with Gasteiger partial charge in [0.2, 0.25) is 0 Å². The molecule has 66 valence electrons. The highest BCUT2D eigenvalue weighted by atomic mass is 79.9. The molecule has 0 amide bonds. The van der Waals surface area contributed by atoms with Crippen molar-refractivity contribution in [2.24, 2.45) is 0 Å². The lowest BCUT2D eigenvalue weighted by Crippen LogP contribution is -1.96. The van der Waals surface area contributed by atoms with Gasteiger partial charge in [0.05, 0.1) is 11.9 Å². The molecule has 3 nitrogen and oxygen atoms in total. The van der Waals surface area contributed by atoms with Crippen LogP contribution in [-0.4, -0.2) is 9.55 Å². The fourth-order valence-corrected chi connectivity index (χ4v) is 1.37. The lowest BCUT2D eigenvalue weighted by Gasteiger charge is -2.03. The predicted molar refractivity (Wildman–Crippen MR) is 55.7 cm³/mol. The maximum Gasteiger partial charge on any atom is 0.137 e. The third kappa shape index (κ3) is 1.58. The van der Waals surface area contributed by atoms with E-state index in [1.54, 1.807) is 6.20 Å². The van der Waals surface area contributed by atoms with E-state index in [4.69, 9.17) is 5.73 Å². The number of hydrogen-bond donors (Lipinski definition) is 1. The first-order valence-electron chi connectivity index (χ1n) is 3.82. The highest BCUT2D eigenvalue weighted by Gasteiger charge is 1.99. The molecule has 0 aliphatic heterocycles. The predicted octanol–water partition coefficient (Wildman–Crippen LogP) is 2.22. The van der Waals surface area contributed by atoms with Crippen LogP contribution in [0.5, 0.6) is 0 Å². The van der Waals surface area contributed by atoms with Crippen LogP contribution >= 0.6 is 15.9 Å². The van der Waals surface area contributed by atoms with E-state index in [2.05, 4.69) is 20.9 Å². The summed E-state index contributed by atoms with van der Waals surface area (Å²) in [5.74, 6) is 0.853. The van der Waals surface area contributed by atoms with Gasteiger partial charge in [0.1, 0.15) is 5.82 Å². The number of anilines is 1. The normalized spacial score (nSPS) is 10.2. The Hall–Kier alpha value is -1.29. The minimum Gasteiger partial charge on any atom is -0.397 e. The maximum atomic E-state index is 5.62. The molecule has 2 aromatic heterocycles. The summed E-state index contributed by atoms with van der Waals surface area (Å²) in [6.07, 6.45) is 5.51. The Balaban J connectivity index is 2.49. The Morgan fingerprint density at radius 3 is 2.62 bits per heavy atom. The number of pyridine rings is 1. The first kappa shape index (κ1) is 8.31. The van der Waals surface area contributed by atoms with Crippen molar-refractivity contribution in [2.75, 3.05) is 5.73 Å². The lowest BCUT2D eigenvalue weighted by molar-refractivity contribution is 1.01. The number of nitrogen functional groups attached to an aromatic ring is 1. The van der Waals surface area contributed by atoms with E-state index in [0.717, 1.165) is 10.3 Å². The lowest BCUT2D eigenvalue weighted by atomic mass is 10.4. The van der Waals surface area contributed by atoms with Gasteiger partial charge >= 0.3 is 0 Å². The average molecular weight is 238 g/mol. The van der Waals surface area contributed by atoms with Crippen LogP contribution < -0.4 is 5.73 Å². The number of halogens is 1. The van der Waals surface area contributed by atoms with Gasteiger partial charge in [-0.15, -0.1) is 0 Å². The first-order valence-corrected chi connectivity index (χ1v) is 4.61. The molecule has 0 unspecified atom stereocenters. The highest BCUT2D eigenvalue weighted by Crippen LogP contribution is 2.20. The molecule has 0 aliphatic carbocycles. The molecule has 0 bridgehead atoms. The van der Waals surface area contributed by atoms with Crippen LogP contribution in [0.2, 0.25) is 0 Å². The standard InChI is InChI=1S/C9H8BrN3/c10-7-5-9(12-6-8(7)11)13-3-1-2-4-13/h1-6H,11H2. The van der Waals surface area contributed by atoms with E-state index in [9.17, 15) is 0 Å². The summed E-state index contributed by atoms with van der Waals surface area (Å²) in [6, 6.07) is 5.78. The number of nitrogens with zero attached hydrogens (tertiary/aromatic N) is 2. The molecule has 2 aromatic rings. The number of nitrogens with two attached hydrogens (primary N) is 1. The highest BCUT2D eigenvalue weighted by molar-refractivity contribution is 9.10. The molecule has 0 aliphatic rings. The summed E-state index contributed by atoms with van der Waals surface area (Å²) in [5.41, 5.74) is 6.27. The molecule has 2 heterocycles. The second kappa shape index (κ2) is 3.22. The monoisotopic (exact) mass is 237 g/mol. The summed E-state index contributed by atoms with van der Waals surface area (Å²) in [7, 11) is 0. The van der Waals surface area contributed by atoms with Crippen molar-refractivity contribution >= 4 is 21.6 Å². The molecule has 0 spiro atoms. The molecular formula is C9H8BrN3. The van der Waals surface area contributed by atoms with Gasteiger partial charge in [-0.2, -0.15) is 0 Å². The molecule has 0 radical (unpaired) electrons. The van der Waals surface area contributed by atoms with Gasteiger partial charge in [0.25, 0.3) is 0 Å². The zero-order valence-electron chi connectivity index (χ0n) is 6.81. The Labute approximate surface area is 84.3 Å². The van der Waals surface area contributed by atoms with Crippen molar-refractivity contribution in [1.29, 1.82) is 0 Å². The maximum absolute atomic E-state index is 5.62. The first-order chi connectivity index (χ1) is 6.27. The van der Waals surface area contributed by atoms with Gasteiger partial charge in [-0.1, -0.05) is 0 Å². The minimum absolute atomic E-state index is 0.649. The Kier molecular flexibility index (Phi) is 2.06. The molecule has 4 heteroatoms. The van der Waals surface area contributed by atoms with E-state index < -0.39 is 0 Å². The van der Waals surface area contributed by atoms with Crippen molar-refractivity contribution in [3.8, 4) is 5.82 Å². The topological polar surface area (TPSA) is 43.8 Å². The number of rotatable bonds is 1. The fraction of sp³-hybridized carbons (Fsp3) is 0. The molecule has 2 rings (SSSR count). The van der Waals surface area contributed by atoms with Crippen molar-refractivity contribution in [1.82, 2.24) is 9.55 Å². The summed E-state index contributed by atoms with van der Waals surface area (Å²) < 4.78 is 2.79. The van der Waals surface area contributed by atoms with Crippen molar-refractivity contribution in [2.45, 2.75) is 0 Å². The molecule has 0 saturated carbocycles. The SMILES string of the molecule is Nc1cnc(-n2cccc2)cc1Br. The van der Waals surface area contributed by atoms with E-state index in [1.807, 2.05) is 35.2 Å². The van der Waals surface area contributed by atoms with E-state index in [-0.39, 0.29) is 0 Å². The second-order valence-electron chi connectivity index (χ2n) is 2.65. The van der Waals surface area contributed by atoms with Crippen LogP contribution in [0.3, 0.4) is 0 Å². The summed E-state index contributed by atoms with van der Waals surface area (Å²) in [6.45, 7) is 0.